The molecule has 3 heterocycles. The Morgan fingerprint density at radius 1 is 1.19 bits per heavy atom. The molecule has 0 radical (unpaired) electrons. The van der Waals surface area contributed by atoms with Gasteiger partial charge in [-0.05, 0) is 42.3 Å². The van der Waals surface area contributed by atoms with Gasteiger partial charge in [-0.1, -0.05) is 12.1 Å². The van der Waals surface area contributed by atoms with Crippen LogP contribution in [0.15, 0.2) is 42.5 Å². The van der Waals surface area contributed by atoms with E-state index in [1.807, 2.05) is 17.0 Å². The number of benzene rings is 2. The van der Waals surface area contributed by atoms with Crippen molar-refractivity contribution in [3.05, 3.63) is 59.4 Å². The molecule has 7 heteroatoms. The van der Waals surface area contributed by atoms with E-state index in [4.69, 9.17) is 2.74 Å². The van der Waals surface area contributed by atoms with Gasteiger partial charge >= 0.3 is 5.92 Å². The fraction of sp³-hybridized carbons (Fsp3) is 0.458. The van der Waals surface area contributed by atoms with Crippen LogP contribution in [0.2, 0.25) is 0 Å². The Morgan fingerprint density at radius 2 is 1.97 bits per heavy atom. The van der Waals surface area contributed by atoms with Gasteiger partial charge in [-0.2, -0.15) is 8.78 Å². The number of nitrogens with zero attached hydrogens (tertiary/aromatic N) is 3. The molecule has 0 saturated carbocycles. The number of hydrogen-bond donors (Lipinski definition) is 0. The molecule has 0 unspecified atom stereocenters. The summed E-state index contributed by atoms with van der Waals surface area (Å²) in [4.78, 5) is 18.1. The maximum atomic E-state index is 14.6. The summed E-state index contributed by atoms with van der Waals surface area (Å²) in [7, 11) is 1.77. The number of para-hydroxylation sites is 1. The van der Waals surface area contributed by atoms with E-state index in [0.717, 1.165) is 47.6 Å². The second kappa shape index (κ2) is 7.55. The molecule has 3 aliphatic heterocycles. The Bertz CT molecular complexity index is 1080. The van der Waals surface area contributed by atoms with Gasteiger partial charge in [-0.15, -0.1) is 0 Å². The smallest absolute Gasteiger partial charge is 0.310 e. The number of carbonyl (C=O) groups excluding carboxylic acids is 1. The second-order valence-electron chi connectivity index (χ2n) is 8.61. The summed E-state index contributed by atoms with van der Waals surface area (Å²) in [6.45, 7) is 0.0735. The number of Topliss-reactive ketones (excluding diaryl/α,β-unsaturated/α-hetero) is 1. The van der Waals surface area contributed by atoms with E-state index in [1.54, 1.807) is 11.9 Å². The zero-order valence-corrected chi connectivity index (χ0v) is 17.3. The minimum Gasteiger partial charge on any atom is -0.371 e. The van der Waals surface area contributed by atoms with Crippen LogP contribution in [0.3, 0.4) is 0 Å². The minimum atomic E-state index is -3.52. The molecule has 0 N–H and O–H groups in total. The van der Waals surface area contributed by atoms with Crippen molar-refractivity contribution in [1.82, 2.24) is 4.90 Å². The molecule has 4 nitrogen and oxygen atoms in total. The monoisotopic (exact) mass is 431 g/mol. The number of piperidine rings is 1. The predicted octanol–water partition coefficient (Wildman–Crippen LogP) is 4.16. The average molecular weight is 431 g/mol. The highest BCUT2D eigenvalue weighted by Crippen LogP contribution is 2.50. The molecular weight excluding hydrogens is 403 g/mol. The van der Waals surface area contributed by atoms with Crippen molar-refractivity contribution in [3.8, 4) is 0 Å². The van der Waals surface area contributed by atoms with E-state index in [-0.39, 0.29) is 30.6 Å². The van der Waals surface area contributed by atoms with Crippen LogP contribution in [-0.2, 0) is 0 Å². The number of hydrogen-bond acceptors (Lipinski definition) is 4. The minimum absolute atomic E-state index is 0.0822. The Hall–Kier alpha value is -2.54. The van der Waals surface area contributed by atoms with E-state index < -0.39 is 30.4 Å². The number of alkyl halides is 2. The molecule has 5 rings (SSSR count). The van der Waals surface area contributed by atoms with Crippen molar-refractivity contribution in [1.29, 1.82) is 0 Å². The fourth-order valence-corrected chi connectivity index (χ4v) is 5.17. The molecule has 2 atom stereocenters. The molecule has 0 aliphatic carbocycles. The number of anilines is 2. The van der Waals surface area contributed by atoms with Gasteiger partial charge in [-0.3, -0.25) is 4.79 Å². The summed E-state index contributed by atoms with van der Waals surface area (Å²) in [5.41, 5.74) is 2.87. The van der Waals surface area contributed by atoms with Crippen LogP contribution in [0, 0.1) is 5.82 Å². The van der Waals surface area contributed by atoms with Crippen molar-refractivity contribution in [2.24, 2.45) is 0 Å². The number of fused-ring (bicyclic) bond motifs is 3. The van der Waals surface area contributed by atoms with Crippen molar-refractivity contribution in [2.45, 2.75) is 30.7 Å². The first-order chi connectivity index (χ1) is 15.6. The summed E-state index contributed by atoms with van der Waals surface area (Å²) in [5.74, 6) is -5.27. The van der Waals surface area contributed by atoms with Crippen LogP contribution in [0.1, 0.15) is 37.4 Å². The van der Waals surface area contributed by atoms with Gasteiger partial charge in [0.25, 0.3) is 0 Å². The summed E-state index contributed by atoms with van der Waals surface area (Å²) < 4.78 is 59.2. The summed E-state index contributed by atoms with van der Waals surface area (Å²) in [5, 5.41) is 0. The van der Waals surface area contributed by atoms with Gasteiger partial charge in [-0.25, -0.2) is 4.39 Å². The third-order valence-electron chi connectivity index (χ3n) is 6.81. The van der Waals surface area contributed by atoms with Crippen LogP contribution in [0.25, 0.3) is 0 Å². The molecule has 31 heavy (non-hydrogen) atoms. The Labute approximate surface area is 183 Å². The van der Waals surface area contributed by atoms with E-state index >= 15 is 0 Å². The van der Waals surface area contributed by atoms with Crippen LogP contribution < -0.4 is 9.80 Å². The lowest BCUT2D eigenvalue weighted by molar-refractivity contribution is -0.00272. The number of halogens is 3. The summed E-state index contributed by atoms with van der Waals surface area (Å²) >= 11 is 0. The van der Waals surface area contributed by atoms with Crippen LogP contribution in [-0.4, -0.2) is 62.4 Å². The van der Waals surface area contributed by atoms with E-state index in [1.165, 1.54) is 0 Å². The lowest BCUT2D eigenvalue weighted by atomic mass is 9.88. The number of likely N-dealkylation sites (N-methyl/N-ethyl adjacent to an activating group) is 1. The molecule has 1 saturated heterocycles. The van der Waals surface area contributed by atoms with Gasteiger partial charge in [0.1, 0.15) is 5.82 Å². The first-order valence-electron chi connectivity index (χ1n) is 11.6. The molecule has 164 valence electrons. The second-order valence-corrected chi connectivity index (χ2v) is 8.61. The molecule has 3 aliphatic rings. The lowest BCUT2D eigenvalue weighted by Gasteiger charge is -2.41. The van der Waals surface area contributed by atoms with E-state index in [0.29, 0.717) is 13.1 Å². The number of likely N-dealkylation sites (tertiary alicyclic amines) is 1. The van der Waals surface area contributed by atoms with E-state index in [9.17, 15) is 18.0 Å². The van der Waals surface area contributed by atoms with Crippen molar-refractivity contribution in [3.63, 3.8) is 0 Å². The van der Waals surface area contributed by atoms with Gasteiger partial charge in [0.2, 0.25) is 5.78 Å². The highest BCUT2D eigenvalue weighted by molar-refractivity contribution is 6.01. The predicted molar refractivity (Wildman–Crippen MR) is 115 cm³/mol. The molecule has 0 bridgehead atoms. The first kappa shape index (κ1) is 18.1. The molecule has 2 aromatic rings. The summed E-state index contributed by atoms with van der Waals surface area (Å²) in [6.07, 6.45) is 0.151. The molecule has 2 aromatic carbocycles. The Morgan fingerprint density at radius 3 is 2.74 bits per heavy atom. The Balaban J connectivity index is 1.30. The first-order valence-corrected chi connectivity index (χ1v) is 10.6. The van der Waals surface area contributed by atoms with Crippen molar-refractivity contribution < 1.29 is 20.7 Å². The fourth-order valence-electron chi connectivity index (χ4n) is 5.17. The standard InChI is InChI=1S/C24H26F3N3O/c1-28-13-14-30-20-9-11-29(15-19(20)18-3-2-4-21(28)22(18)30)12-10-24(26,27)23(31)16-5-7-17(25)8-6-16/h2-8,19-20H,9-15H2,1H3/t19-,20-/m0/s1/i13D2. The van der Waals surface area contributed by atoms with Gasteiger partial charge in [0.15, 0.2) is 0 Å². The molecule has 1 fully saturated rings. The zero-order valence-electron chi connectivity index (χ0n) is 19.3. The molecular formula is C24H26F3N3O. The topological polar surface area (TPSA) is 26.8 Å². The third-order valence-corrected chi connectivity index (χ3v) is 6.81. The maximum absolute atomic E-state index is 14.6. The van der Waals surface area contributed by atoms with Crippen LogP contribution in [0.4, 0.5) is 24.5 Å². The van der Waals surface area contributed by atoms with E-state index in [2.05, 4.69) is 11.0 Å². The van der Waals surface area contributed by atoms with Gasteiger partial charge in [0, 0.05) is 63.7 Å². The van der Waals surface area contributed by atoms with Crippen LogP contribution in [0.5, 0.6) is 0 Å². The third kappa shape index (κ3) is 3.49. The quantitative estimate of drug-likeness (QED) is 0.665. The van der Waals surface area contributed by atoms with Crippen molar-refractivity contribution in [2.75, 3.05) is 49.5 Å². The average Bonchev–Trinajstić information content (AvgIpc) is 3.09. The summed E-state index contributed by atoms with van der Waals surface area (Å²) in [6, 6.07) is 10.3. The highest BCUT2D eigenvalue weighted by atomic mass is 19.3. The van der Waals surface area contributed by atoms with Gasteiger partial charge in [0.05, 0.1) is 14.1 Å². The zero-order chi connectivity index (χ0) is 23.5. The molecule has 0 amide bonds. The van der Waals surface area contributed by atoms with Gasteiger partial charge < -0.3 is 14.7 Å². The highest BCUT2D eigenvalue weighted by Gasteiger charge is 2.45. The lowest BCUT2D eigenvalue weighted by Crippen LogP contribution is -2.49. The van der Waals surface area contributed by atoms with Crippen molar-refractivity contribution >= 4 is 17.2 Å². The SMILES string of the molecule is [2H]C1([2H])CN2c3c(cccc3N1C)[C@@H]1CN(CCC(F)(F)C(=O)c3ccc(F)cc3)CC[C@@H]12. The number of ketones is 1. The largest absolute Gasteiger partial charge is 0.371 e. The number of carbonyl (C=O) groups is 1. The Kier molecular flexibility index (Phi) is 4.40. The maximum Gasteiger partial charge on any atom is 0.310 e. The molecule has 0 aromatic heterocycles. The number of rotatable bonds is 5. The van der Waals surface area contributed by atoms with Crippen LogP contribution >= 0.6 is 0 Å². The molecule has 0 spiro atoms. The normalized spacial score (nSPS) is 25.5.